The summed E-state index contributed by atoms with van der Waals surface area (Å²) in [6, 6.07) is 28.2. The topological polar surface area (TPSA) is 79.9 Å². The van der Waals surface area contributed by atoms with Crippen molar-refractivity contribution in [2.75, 3.05) is 48.9 Å². The van der Waals surface area contributed by atoms with Crippen molar-refractivity contribution in [2.45, 2.75) is 6.92 Å². The van der Waals surface area contributed by atoms with Crippen LogP contribution in [0.2, 0.25) is 0 Å². The molecule has 0 saturated carbocycles. The molecule has 2 amide bonds. The van der Waals surface area contributed by atoms with Crippen molar-refractivity contribution in [3.63, 3.8) is 0 Å². The first-order valence-corrected chi connectivity index (χ1v) is 12.9. The Morgan fingerprint density at radius 3 is 2.03 bits per heavy atom. The minimum atomic E-state index is -0.213. The Kier molecular flexibility index (Phi) is 7.89. The minimum Gasteiger partial charge on any atom is -0.497 e. The summed E-state index contributed by atoms with van der Waals surface area (Å²) in [5.74, 6) is 0.245. The van der Waals surface area contributed by atoms with Crippen LogP contribution in [-0.4, -0.2) is 45.2 Å². The number of ether oxygens (including phenoxy) is 2. The highest BCUT2D eigenvalue weighted by Crippen LogP contribution is 2.27. The summed E-state index contributed by atoms with van der Waals surface area (Å²) in [5, 5.41) is 5.92. The molecule has 2 N–H and O–H groups in total. The second-order valence-electron chi connectivity index (χ2n) is 9.39. The Morgan fingerprint density at radius 2 is 1.38 bits per heavy atom. The van der Waals surface area contributed by atoms with Crippen molar-refractivity contribution >= 4 is 28.9 Å². The number of anilines is 3. The predicted octanol–water partition coefficient (Wildman–Crippen LogP) is 6.01. The normalized spacial score (nSPS) is 13.0. The fourth-order valence-corrected chi connectivity index (χ4v) is 4.56. The molecule has 5 rings (SSSR count). The van der Waals surface area contributed by atoms with Crippen LogP contribution in [0.15, 0.2) is 91.0 Å². The Morgan fingerprint density at radius 1 is 0.769 bits per heavy atom. The number of carbonyl (C=O) groups excluding carboxylic acids is 2. The van der Waals surface area contributed by atoms with Gasteiger partial charge in [-0.15, -0.1) is 0 Å². The van der Waals surface area contributed by atoms with Crippen molar-refractivity contribution in [3.05, 3.63) is 108 Å². The molecule has 0 bridgehead atoms. The highest BCUT2D eigenvalue weighted by atomic mass is 16.5. The summed E-state index contributed by atoms with van der Waals surface area (Å²) in [6.07, 6.45) is 0. The smallest absolute Gasteiger partial charge is 0.255 e. The molecular weight excluding hydrogens is 490 g/mol. The van der Waals surface area contributed by atoms with E-state index in [0.29, 0.717) is 22.6 Å². The van der Waals surface area contributed by atoms with Crippen LogP contribution in [-0.2, 0) is 4.74 Å². The van der Waals surface area contributed by atoms with Gasteiger partial charge in [-0.3, -0.25) is 9.59 Å². The maximum Gasteiger partial charge on any atom is 0.255 e. The molecule has 1 saturated heterocycles. The molecule has 1 heterocycles. The van der Waals surface area contributed by atoms with Gasteiger partial charge in [0.2, 0.25) is 0 Å². The molecule has 198 valence electrons. The van der Waals surface area contributed by atoms with Crippen LogP contribution < -0.4 is 20.3 Å². The van der Waals surface area contributed by atoms with E-state index in [1.807, 2.05) is 73.7 Å². The number of hydrogen-bond acceptors (Lipinski definition) is 5. The zero-order chi connectivity index (χ0) is 27.2. The van der Waals surface area contributed by atoms with Gasteiger partial charge < -0.3 is 25.0 Å². The molecule has 7 heteroatoms. The maximum atomic E-state index is 13.1. The van der Waals surface area contributed by atoms with Crippen LogP contribution in [0.5, 0.6) is 5.75 Å². The third kappa shape index (κ3) is 6.27. The van der Waals surface area contributed by atoms with Crippen LogP contribution in [0.3, 0.4) is 0 Å². The molecule has 1 aliphatic rings. The predicted molar refractivity (Wildman–Crippen MR) is 155 cm³/mol. The first kappa shape index (κ1) is 26.0. The lowest BCUT2D eigenvalue weighted by atomic mass is 9.97. The van der Waals surface area contributed by atoms with E-state index in [4.69, 9.17) is 9.47 Å². The molecule has 39 heavy (non-hydrogen) atoms. The standard InChI is InChI=1S/C32H31N3O4/c1-22-6-7-25(32(37)34-27-12-14-28(15-13-27)35-16-18-39-19-17-35)21-30(22)23-8-10-26(11-9-23)33-31(36)24-4-3-5-29(20-24)38-2/h3-15,20-21H,16-19H2,1-2H3,(H,33,36)(H,34,37). The van der Waals surface area contributed by atoms with Crippen LogP contribution in [0.4, 0.5) is 17.1 Å². The number of nitrogens with zero attached hydrogens (tertiary/aromatic N) is 1. The monoisotopic (exact) mass is 521 g/mol. The molecule has 0 radical (unpaired) electrons. The zero-order valence-corrected chi connectivity index (χ0v) is 22.1. The summed E-state index contributed by atoms with van der Waals surface area (Å²) in [7, 11) is 1.57. The Balaban J connectivity index is 1.26. The summed E-state index contributed by atoms with van der Waals surface area (Å²) in [5.41, 5.74) is 6.60. The van der Waals surface area contributed by atoms with E-state index in [1.54, 1.807) is 31.4 Å². The van der Waals surface area contributed by atoms with Gasteiger partial charge in [-0.2, -0.15) is 0 Å². The lowest BCUT2D eigenvalue weighted by molar-refractivity contribution is 0.101. The van der Waals surface area contributed by atoms with Crippen LogP contribution in [0.1, 0.15) is 26.3 Å². The number of morpholine rings is 1. The quantitative estimate of drug-likeness (QED) is 0.311. The largest absolute Gasteiger partial charge is 0.497 e. The zero-order valence-electron chi connectivity index (χ0n) is 22.1. The maximum absolute atomic E-state index is 13.1. The average molecular weight is 522 g/mol. The number of nitrogens with one attached hydrogen (secondary N) is 2. The summed E-state index contributed by atoms with van der Waals surface area (Å²) in [4.78, 5) is 28.0. The van der Waals surface area contributed by atoms with Crippen molar-refractivity contribution < 1.29 is 19.1 Å². The van der Waals surface area contributed by atoms with E-state index in [0.717, 1.165) is 54.4 Å². The Hall–Kier alpha value is -4.62. The SMILES string of the molecule is COc1cccc(C(=O)Nc2ccc(-c3cc(C(=O)Nc4ccc(N5CCOCC5)cc4)ccc3C)cc2)c1. The lowest BCUT2D eigenvalue weighted by Gasteiger charge is -2.28. The Bertz CT molecular complexity index is 1460. The van der Waals surface area contributed by atoms with E-state index in [9.17, 15) is 9.59 Å². The van der Waals surface area contributed by atoms with E-state index >= 15 is 0 Å². The highest BCUT2D eigenvalue weighted by Gasteiger charge is 2.13. The average Bonchev–Trinajstić information content (AvgIpc) is 2.98. The molecular formula is C32H31N3O4. The first-order valence-electron chi connectivity index (χ1n) is 12.9. The van der Waals surface area contributed by atoms with Crippen LogP contribution in [0.25, 0.3) is 11.1 Å². The third-order valence-electron chi connectivity index (χ3n) is 6.79. The lowest BCUT2D eigenvalue weighted by Crippen LogP contribution is -2.36. The number of rotatable bonds is 7. The fourth-order valence-electron chi connectivity index (χ4n) is 4.56. The molecule has 0 aromatic heterocycles. The van der Waals surface area contributed by atoms with Gasteiger partial charge in [0.05, 0.1) is 20.3 Å². The molecule has 4 aromatic carbocycles. The second-order valence-corrected chi connectivity index (χ2v) is 9.39. The molecule has 7 nitrogen and oxygen atoms in total. The molecule has 0 aliphatic carbocycles. The van der Waals surface area contributed by atoms with Gasteiger partial charge in [0.25, 0.3) is 11.8 Å². The summed E-state index contributed by atoms with van der Waals surface area (Å²) >= 11 is 0. The van der Waals surface area contributed by atoms with Gasteiger partial charge in [-0.1, -0.05) is 24.3 Å². The van der Waals surface area contributed by atoms with E-state index in [1.165, 1.54) is 0 Å². The number of aryl methyl sites for hydroxylation is 1. The van der Waals surface area contributed by atoms with Gasteiger partial charge in [0.15, 0.2) is 0 Å². The molecule has 0 atom stereocenters. The number of benzene rings is 4. The van der Waals surface area contributed by atoms with E-state index < -0.39 is 0 Å². The summed E-state index contributed by atoms with van der Waals surface area (Å²) < 4.78 is 10.6. The molecule has 0 unspecified atom stereocenters. The first-order chi connectivity index (χ1) is 19.0. The number of amides is 2. The molecule has 4 aromatic rings. The fraction of sp³-hybridized carbons (Fsp3) is 0.188. The number of methoxy groups -OCH3 is 1. The minimum absolute atomic E-state index is 0.169. The summed E-state index contributed by atoms with van der Waals surface area (Å²) in [6.45, 7) is 5.21. The van der Waals surface area contributed by atoms with Crippen molar-refractivity contribution in [3.8, 4) is 16.9 Å². The van der Waals surface area contributed by atoms with Gasteiger partial charge in [0, 0.05) is 41.3 Å². The second kappa shape index (κ2) is 11.8. The highest BCUT2D eigenvalue weighted by molar-refractivity contribution is 6.06. The van der Waals surface area contributed by atoms with Gasteiger partial charge in [-0.25, -0.2) is 0 Å². The molecule has 0 spiro atoms. The Labute approximate surface area is 228 Å². The third-order valence-corrected chi connectivity index (χ3v) is 6.79. The van der Waals surface area contributed by atoms with Crippen molar-refractivity contribution in [1.29, 1.82) is 0 Å². The van der Waals surface area contributed by atoms with E-state index in [-0.39, 0.29) is 11.8 Å². The van der Waals surface area contributed by atoms with Gasteiger partial charge >= 0.3 is 0 Å². The van der Waals surface area contributed by atoms with E-state index in [2.05, 4.69) is 15.5 Å². The van der Waals surface area contributed by atoms with Gasteiger partial charge in [0.1, 0.15) is 5.75 Å². The molecule has 1 aliphatic heterocycles. The number of carbonyl (C=O) groups is 2. The molecule has 1 fully saturated rings. The van der Waals surface area contributed by atoms with Crippen LogP contribution >= 0.6 is 0 Å². The van der Waals surface area contributed by atoms with Crippen LogP contribution in [0, 0.1) is 6.92 Å². The van der Waals surface area contributed by atoms with Gasteiger partial charge in [-0.05, 0) is 90.3 Å². The van der Waals surface area contributed by atoms with Crippen molar-refractivity contribution in [2.24, 2.45) is 0 Å². The van der Waals surface area contributed by atoms with Crippen molar-refractivity contribution in [1.82, 2.24) is 0 Å². The number of hydrogen-bond donors (Lipinski definition) is 2.